The lowest BCUT2D eigenvalue weighted by molar-refractivity contribution is -0.144. The highest BCUT2D eigenvalue weighted by Gasteiger charge is 2.35. The van der Waals surface area contributed by atoms with E-state index in [4.69, 9.17) is 4.98 Å². The molecule has 0 spiro atoms. The van der Waals surface area contributed by atoms with Crippen molar-refractivity contribution in [3.63, 3.8) is 0 Å². The van der Waals surface area contributed by atoms with Gasteiger partial charge in [-0.3, -0.25) is 4.79 Å². The van der Waals surface area contributed by atoms with Crippen molar-refractivity contribution in [1.82, 2.24) is 14.9 Å². The van der Waals surface area contributed by atoms with Crippen molar-refractivity contribution in [1.29, 1.82) is 0 Å². The summed E-state index contributed by atoms with van der Waals surface area (Å²) in [6.45, 7) is 6.35. The standard InChI is InChI=1S/C31H35N3O3S/c1-31(2,3)28(29(36)37)34-26-18-11-10-17-25(26)33-30(34)38-20-12-19-32-27(35)21-24(22-13-6-4-7-14-22)23-15-8-5-9-16-23/h4-11,13-18,24,28H,12,19-21H2,1-3H3,(H,32,35)(H,36,37). The van der Waals surface area contributed by atoms with Gasteiger partial charge in [-0.05, 0) is 35.1 Å². The van der Waals surface area contributed by atoms with E-state index in [0.29, 0.717) is 23.9 Å². The molecule has 6 nitrogen and oxygen atoms in total. The van der Waals surface area contributed by atoms with E-state index in [-0.39, 0.29) is 11.8 Å². The summed E-state index contributed by atoms with van der Waals surface area (Å²) in [6.07, 6.45) is 1.12. The molecule has 0 radical (unpaired) electrons. The SMILES string of the molecule is CC(C)(C)C(C(=O)O)n1c(SCCCNC(=O)CC(c2ccccc2)c2ccccc2)nc2ccccc21. The van der Waals surface area contributed by atoms with E-state index in [9.17, 15) is 14.7 Å². The van der Waals surface area contributed by atoms with Gasteiger partial charge in [0.1, 0.15) is 6.04 Å². The van der Waals surface area contributed by atoms with Gasteiger partial charge in [-0.1, -0.05) is 105 Å². The van der Waals surface area contributed by atoms with Gasteiger partial charge in [-0.25, -0.2) is 9.78 Å². The fraction of sp³-hybridized carbons (Fsp3) is 0.323. The van der Waals surface area contributed by atoms with Gasteiger partial charge in [-0.15, -0.1) is 0 Å². The molecule has 0 fully saturated rings. The number of hydrogen-bond donors (Lipinski definition) is 2. The molecule has 1 amide bonds. The van der Waals surface area contributed by atoms with Gasteiger partial charge < -0.3 is 15.0 Å². The highest BCUT2D eigenvalue weighted by Crippen LogP contribution is 2.37. The Labute approximate surface area is 228 Å². The molecule has 0 aliphatic heterocycles. The van der Waals surface area contributed by atoms with Crippen LogP contribution in [0, 0.1) is 5.41 Å². The second-order valence-corrected chi connectivity index (χ2v) is 11.6. The number of benzene rings is 3. The minimum absolute atomic E-state index is 0.00275. The maximum absolute atomic E-state index is 12.9. The Morgan fingerprint density at radius 1 is 0.921 bits per heavy atom. The molecule has 0 aliphatic carbocycles. The summed E-state index contributed by atoms with van der Waals surface area (Å²) < 4.78 is 1.85. The lowest BCUT2D eigenvalue weighted by atomic mass is 9.86. The molecule has 0 saturated heterocycles. The molecule has 38 heavy (non-hydrogen) atoms. The predicted octanol–water partition coefficient (Wildman–Crippen LogP) is 6.53. The van der Waals surface area contributed by atoms with Gasteiger partial charge in [0.15, 0.2) is 5.16 Å². The number of carbonyl (C=O) groups excluding carboxylic acids is 1. The van der Waals surface area contributed by atoms with Crippen LogP contribution in [0.5, 0.6) is 0 Å². The third kappa shape index (κ3) is 6.64. The van der Waals surface area contributed by atoms with Crippen LogP contribution in [0.15, 0.2) is 90.1 Å². The molecule has 3 aromatic carbocycles. The molecular formula is C31H35N3O3S. The average molecular weight is 530 g/mol. The van der Waals surface area contributed by atoms with Crippen molar-refractivity contribution in [2.24, 2.45) is 5.41 Å². The third-order valence-corrected chi connectivity index (χ3v) is 7.58. The molecule has 4 rings (SSSR count). The van der Waals surface area contributed by atoms with E-state index in [2.05, 4.69) is 29.6 Å². The number of carboxylic acid groups (broad SMARTS) is 1. The number of para-hydroxylation sites is 2. The summed E-state index contributed by atoms with van der Waals surface area (Å²) in [7, 11) is 0. The molecule has 1 aromatic heterocycles. The minimum Gasteiger partial charge on any atom is -0.480 e. The molecule has 2 N–H and O–H groups in total. The molecule has 1 unspecified atom stereocenters. The number of fused-ring (bicyclic) bond motifs is 1. The van der Waals surface area contributed by atoms with Crippen LogP contribution in [0.2, 0.25) is 0 Å². The van der Waals surface area contributed by atoms with Crippen LogP contribution in [-0.2, 0) is 9.59 Å². The number of nitrogens with one attached hydrogen (secondary N) is 1. The number of aromatic nitrogens is 2. The first kappa shape index (κ1) is 27.5. The predicted molar refractivity (Wildman–Crippen MR) is 154 cm³/mol. The fourth-order valence-corrected chi connectivity index (χ4v) is 5.74. The summed E-state index contributed by atoms with van der Waals surface area (Å²) in [4.78, 5) is 29.9. The number of rotatable bonds is 11. The van der Waals surface area contributed by atoms with Gasteiger partial charge in [-0.2, -0.15) is 0 Å². The topological polar surface area (TPSA) is 84.2 Å². The number of nitrogens with zero attached hydrogens (tertiary/aromatic N) is 2. The van der Waals surface area contributed by atoms with Crippen molar-refractivity contribution in [2.75, 3.05) is 12.3 Å². The Bertz CT molecular complexity index is 1320. The first-order valence-corrected chi connectivity index (χ1v) is 13.9. The molecule has 0 bridgehead atoms. The number of hydrogen-bond acceptors (Lipinski definition) is 4. The summed E-state index contributed by atoms with van der Waals surface area (Å²) in [5.41, 5.74) is 3.35. The number of carboxylic acids is 1. The smallest absolute Gasteiger partial charge is 0.327 e. The Morgan fingerprint density at radius 2 is 1.50 bits per heavy atom. The largest absolute Gasteiger partial charge is 0.480 e. The van der Waals surface area contributed by atoms with Crippen LogP contribution in [0.3, 0.4) is 0 Å². The van der Waals surface area contributed by atoms with Crippen molar-refractivity contribution >= 4 is 34.7 Å². The van der Waals surface area contributed by atoms with Crippen LogP contribution in [-0.4, -0.2) is 38.8 Å². The van der Waals surface area contributed by atoms with Crippen LogP contribution < -0.4 is 5.32 Å². The maximum Gasteiger partial charge on any atom is 0.327 e. The molecule has 1 heterocycles. The van der Waals surface area contributed by atoms with E-state index in [0.717, 1.165) is 28.6 Å². The van der Waals surface area contributed by atoms with Gasteiger partial charge in [0.2, 0.25) is 5.91 Å². The number of thioether (sulfide) groups is 1. The van der Waals surface area contributed by atoms with Crippen molar-refractivity contribution in [3.05, 3.63) is 96.1 Å². The lowest BCUT2D eigenvalue weighted by Gasteiger charge is -2.29. The van der Waals surface area contributed by atoms with Crippen molar-refractivity contribution in [2.45, 2.75) is 50.7 Å². The quantitative estimate of drug-likeness (QED) is 0.170. The summed E-state index contributed by atoms with van der Waals surface area (Å²) in [5.74, 6) is -0.155. The van der Waals surface area contributed by atoms with Crippen LogP contribution >= 0.6 is 11.8 Å². The maximum atomic E-state index is 12.9. The van der Waals surface area contributed by atoms with E-state index in [1.54, 1.807) is 0 Å². The Kier molecular flexibility index (Phi) is 8.89. The van der Waals surface area contributed by atoms with E-state index in [1.165, 1.54) is 11.8 Å². The second kappa shape index (κ2) is 12.3. The van der Waals surface area contributed by atoms with E-state index < -0.39 is 17.4 Å². The zero-order chi connectivity index (χ0) is 27.1. The van der Waals surface area contributed by atoms with Crippen molar-refractivity contribution in [3.8, 4) is 0 Å². The van der Waals surface area contributed by atoms with Gasteiger partial charge in [0.05, 0.1) is 11.0 Å². The highest BCUT2D eigenvalue weighted by molar-refractivity contribution is 7.99. The summed E-state index contributed by atoms with van der Waals surface area (Å²) in [6, 6.07) is 27.1. The third-order valence-electron chi connectivity index (χ3n) is 6.54. The number of imidazole rings is 1. The van der Waals surface area contributed by atoms with Crippen molar-refractivity contribution < 1.29 is 14.7 Å². The number of carbonyl (C=O) groups is 2. The lowest BCUT2D eigenvalue weighted by Crippen LogP contribution is -2.32. The fourth-order valence-electron chi connectivity index (χ4n) is 4.76. The summed E-state index contributed by atoms with van der Waals surface area (Å²) >= 11 is 1.53. The van der Waals surface area contributed by atoms with E-state index in [1.807, 2.05) is 86.0 Å². The molecule has 198 valence electrons. The zero-order valence-corrected chi connectivity index (χ0v) is 22.9. The molecule has 1 atom stereocenters. The summed E-state index contributed by atoms with van der Waals surface area (Å²) in [5, 5.41) is 13.8. The number of aliphatic carboxylic acids is 1. The molecule has 4 aromatic rings. The van der Waals surface area contributed by atoms with E-state index >= 15 is 0 Å². The van der Waals surface area contributed by atoms with Crippen LogP contribution in [0.1, 0.15) is 56.7 Å². The first-order valence-electron chi connectivity index (χ1n) is 12.9. The molecule has 0 saturated carbocycles. The first-order chi connectivity index (χ1) is 18.3. The zero-order valence-electron chi connectivity index (χ0n) is 22.1. The normalized spacial score (nSPS) is 12.5. The molecular weight excluding hydrogens is 494 g/mol. The Balaban J connectivity index is 1.38. The average Bonchev–Trinajstić information content (AvgIpc) is 3.25. The minimum atomic E-state index is -0.874. The molecule has 7 heteroatoms. The monoisotopic (exact) mass is 529 g/mol. The van der Waals surface area contributed by atoms with Gasteiger partial charge in [0, 0.05) is 24.6 Å². The van der Waals surface area contributed by atoms with Gasteiger partial charge >= 0.3 is 5.97 Å². The second-order valence-electron chi connectivity index (χ2n) is 10.5. The highest BCUT2D eigenvalue weighted by atomic mass is 32.2. The van der Waals surface area contributed by atoms with Crippen LogP contribution in [0.25, 0.3) is 11.0 Å². The Morgan fingerprint density at radius 3 is 2.08 bits per heavy atom. The molecule has 0 aliphatic rings. The van der Waals surface area contributed by atoms with Gasteiger partial charge in [0.25, 0.3) is 0 Å². The Hall–Kier alpha value is -3.58. The van der Waals surface area contributed by atoms with Crippen LogP contribution in [0.4, 0.5) is 0 Å². The number of amides is 1.